The zero-order valence-electron chi connectivity index (χ0n) is 14.6. The summed E-state index contributed by atoms with van der Waals surface area (Å²) >= 11 is 0. The highest BCUT2D eigenvalue weighted by molar-refractivity contribution is 7.92. The lowest BCUT2D eigenvalue weighted by Gasteiger charge is -2.20. The first kappa shape index (κ1) is 18.6. The molecule has 0 radical (unpaired) electrons. The van der Waals surface area contributed by atoms with Gasteiger partial charge in [-0.2, -0.15) is 0 Å². The third kappa shape index (κ3) is 2.70. The summed E-state index contributed by atoms with van der Waals surface area (Å²) in [7, 11) is -6.33. The quantitative estimate of drug-likeness (QED) is 0.680. The summed E-state index contributed by atoms with van der Waals surface area (Å²) in [5.41, 5.74) is 1.12. The third-order valence-corrected chi connectivity index (χ3v) is 8.00. The molecule has 2 aliphatic heterocycles. The largest absolute Gasteiger partial charge is 0.288 e. The number of carbonyl (C=O) groups excluding carboxylic acids is 2. The summed E-state index contributed by atoms with van der Waals surface area (Å²) < 4.78 is 53.5. The number of amides is 2. The maximum atomic E-state index is 13.1. The molecule has 2 aromatic carbocycles. The molecular formula is C17H15N3O6S2. The number of anilines is 1. The number of benzene rings is 2. The summed E-state index contributed by atoms with van der Waals surface area (Å²) in [6, 6.07) is 8.02. The second-order valence-electron chi connectivity index (χ2n) is 6.32. The summed E-state index contributed by atoms with van der Waals surface area (Å²) in [6.07, 6.45) is 0.353. The minimum atomic E-state index is -3.99. The monoisotopic (exact) mass is 421 g/mol. The Bertz CT molecular complexity index is 1250. The predicted octanol–water partition coefficient (Wildman–Crippen LogP) is 0.230. The fourth-order valence-corrected chi connectivity index (χ4v) is 5.63. The second-order valence-corrected chi connectivity index (χ2v) is 10.1. The van der Waals surface area contributed by atoms with E-state index in [0.717, 1.165) is 0 Å². The summed E-state index contributed by atoms with van der Waals surface area (Å²) in [6.45, 7) is 0.142. The van der Waals surface area contributed by atoms with Crippen molar-refractivity contribution in [2.45, 2.75) is 16.2 Å². The lowest BCUT2D eigenvalue weighted by Crippen LogP contribution is -2.29. The fourth-order valence-electron chi connectivity index (χ4n) is 3.32. The molecule has 0 unspecified atom stereocenters. The van der Waals surface area contributed by atoms with Crippen molar-refractivity contribution in [3.8, 4) is 0 Å². The lowest BCUT2D eigenvalue weighted by atomic mass is 10.1. The van der Waals surface area contributed by atoms with Crippen LogP contribution < -0.4 is 14.3 Å². The molecule has 0 aliphatic carbocycles. The van der Waals surface area contributed by atoms with Crippen LogP contribution in [-0.2, 0) is 26.5 Å². The average molecular weight is 421 g/mol. The number of nitrogens with zero attached hydrogens (tertiary/aromatic N) is 1. The topological polar surface area (TPSA) is 130 Å². The molecule has 2 aromatic rings. The van der Waals surface area contributed by atoms with Gasteiger partial charge in [-0.1, -0.05) is 0 Å². The van der Waals surface area contributed by atoms with E-state index >= 15 is 0 Å². The van der Waals surface area contributed by atoms with Gasteiger partial charge in [0.2, 0.25) is 10.0 Å². The maximum absolute atomic E-state index is 13.1. The molecule has 0 saturated heterocycles. The molecule has 2 N–H and O–H groups in total. The SMILES string of the molecule is CNS(=O)(=O)c1ccc2c(c1)CCN2S(=O)(=O)c1ccc2c(c1)C(=O)NC2=O. The molecule has 4 rings (SSSR count). The second kappa shape index (κ2) is 6.12. The molecule has 28 heavy (non-hydrogen) atoms. The minimum absolute atomic E-state index is 0.0148. The van der Waals surface area contributed by atoms with Crippen LogP contribution in [-0.4, -0.2) is 42.2 Å². The van der Waals surface area contributed by atoms with Crippen LogP contribution in [0.3, 0.4) is 0 Å². The van der Waals surface area contributed by atoms with Crippen molar-refractivity contribution in [1.82, 2.24) is 10.0 Å². The van der Waals surface area contributed by atoms with Crippen LogP contribution in [0.4, 0.5) is 5.69 Å². The summed E-state index contributed by atoms with van der Waals surface area (Å²) in [5, 5.41) is 2.12. The van der Waals surface area contributed by atoms with Gasteiger partial charge in [-0.05, 0) is 55.4 Å². The first-order chi connectivity index (χ1) is 13.1. The number of carbonyl (C=O) groups is 2. The molecule has 0 aromatic heterocycles. The van der Waals surface area contributed by atoms with Crippen LogP contribution in [0.1, 0.15) is 26.3 Å². The van der Waals surface area contributed by atoms with Gasteiger partial charge in [0.1, 0.15) is 0 Å². The van der Waals surface area contributed by atoms with E-state index in [1.165, 1.54) is 47.8 Å². The Morgan fingerprint density at radius 3 is 2.32 bits per heavy atom. The molecule has 0 bridgehead atoms. The Labute approximate surface area is 161 Å². The van der Waals surface area contributed by atoms with E-state index in [9.17, 15) is 26.4 Å². The molecule has 0 fully saturated rings. The van der Waals surface area contributed by atoms with Crippen molar-refractivity contribution in [3.63, 3.8) is 0 Å². The van der Waals surface area contributed by atoms with Crippen LogP contribution in [0.2, 0.25) is 0 Å². The first-order valence-corrected chi connectivity index (χ1v) is 11.2. The van der Waals surface area contributed by atoms with Gasteiger partial charge in [-0.15, -0.1) is 0 Å². The van der Waals surface area contributed by atoms with Crippen LogP contribution in [0.25, 0.3) is 0 Å². The molecule has 0 atom stereocenters. The number of hydrogen-bond acceptors (Lipinski definition) is 6. The van der Waals surface area contributed by atoms with Crippen molar-refractivity contribution in [2.75, 3.05) is 17.9 Å². The van der Waals surface area contributed by atoms with Gasteiger partial charge in [-0.3, -0.25) is 19.2 Å². The minimum Gasteiger partial charge on any atom is -0.288 e. The number of fused-ring (bicyclic) bond motifs is 2. The predicted molar refractivity (Wildman–Crippen MR) is 99.2 cm³/mol. The van der Waals surface area contributed by atoms with Crippen molar-refractivity contribution >= 4 is 37.5 Å². The molecule has 2 aliphatic rings. The number of hydrogen-bond donors (Lipinski definition) is 2. The van der Waals surface area contributed by atoms with Crippen LogP contribution in [0.5, 0.6) is 0 Å². The highest BCUT2D eigenvalue weighted by atomic mass is 32.2. The highest BCUT2D eigenvalue weighted by Gasteiger charge is 2.34. The van der Waals surface area contributed by atoms with E-state index in [2.05, 4.69) is 10.0 Å². The van der Waals surface area contributed by atoms with E-state index in [1.807, 2.05) is 0 Å². The Hall–Kier alpha value is -2.76. The van der Waals surface area contributed by atoms with E-state index < -0.39 is 31.9 Å². The molecule has 0 saturated carbocycles. The van der Waals surface area contributed by atoms with Crippen molar-refractivity contribution in [2.24, 2.45) is 0 Å². The van der Waals surface area contributed by atoms with Crippen LogP contribution in [0.15, 0.2) is 46.2 Å². The Morgan fingerprint density at radius 2 is 1.61 bits per heavy atom. The van der Waals surface area contributed by atoms with E-state index in [0.29, 0.717) is 17.7 Å². The number of sulfonamides is 2. The molecule has 9 nitrogen and oxygen atoms in total. The standard InChI is InChI=1S/C17H15N3O6S2/c1-18-27(23,24)11-3-5-15-10(8-11)6-7-20(15)28(25,26)12-2-4-13-14(9-12)17(22)19-16(13)21/h2-5,8-9,18H,6-7H2,1H3,(H,19,21,22). The Balaban J connectivity index is 1.75. The number of imide groups is 1. The lowest BCUT2D eigenvalue weighted by molar-refractivity contribution is 0.0879. The summed E-state index contributed by atoms with van der Waals surface area (Å²) in [4.78, 5) is 23.4. The molecule has 11 heteroatoms. The Morgan fingerprint density at radius 1 is 0.929 bits per heavy atom. The molecular weight excluding hydrogens is 406 g/mol. The molecule has 0 spiro atoms. The number of nitrogens with one attached hydrogen (secondary N) is 2. The molecule has 2 amide bonds. The molecule has 146 valence electrons. The van der Waals surface area contributed by atoms with Crippen LogP contribution in [0, 0.1) is 0 Å². The fraction of sp³-hybridized carbons (Fsp3) is 0.176. The van der Waals surface area contributed by atoms with Gasteiger partial charge in [0.25, 0.3) is 21.8 Å². The van der Waals surface area contributed by atoms with E-state index in [-0.39, 0.29) is 27.5 Å². The van der Waals surface area contributed by atoms with Crippen molar-refractivity contribution in [1.29, 1.82) is 0 Å². The van der Waals surface area contributed by atoms with Crippen molar-refractivity contribution in [3.05, 3.63) is 53.1 Å². The first-order valence-electron chi connectivity index (χ1n) is 8.24. The van der Waals surface area contributed by atoms with Gasteiger partial charge in [0.15, 0.2) is 0 Å². The van der Waals surface area contributed by atoms with Crippen LogP contribution >= 0.6 is 0 Å². The van der Waals surface area contributed by atoms with Gasteiger partial charge < -0.3 is 0 Å². The maximum Gasteiger partial charge on any atom is 0.264 e. The van der Waals surface area contributed by atoms with Gasteiger partial charge in [0, 0.05) is 6.54 Å². The van der Waals surface area contributed by atoms with Gasteiger partial charge in [0.05, 0.1) is 26.6 Å². The third-order valence-electron chi connectivity index (χ3n) is 4.78. The zero-order chi connectivity index (χ0) is 20.3. The molecule has 2 heterocycles. The smallest absolute Gasteiger partial charge is 0.264 e. The Kier molecular flexibility index (Phi) is 4.07. The van der Waals surface area contributed by atoms with E-state index in [4.69, 9.17) is 0 Å². The van der Waals surface area contributed by atoms with Gasteiger partial charge >= 0.3 is 0 Å². The summed E-state index contributed by atoms with van der Waals surface area (Å²) in [5.74, 6) is -1.20. The van der Waals surface area contributed by atoms with Gasteiger partial charge in [-0.25, -0.2) is 21.6 Å². The van der Waals surface area contributed by atoms with E-state index in [1.54, 1.807) is 0 Å². The average Bonchev–Trinajstić information content (AvgIpc) is 3.22. The zero-order valence-corrected chi connectivity index (χ0v) is 16.2. The van der Waals surface area contributed by atoms with Crippen molar-refractivity contribution < 1.29 is 26.4 Å². The highest BCUT2D eigenvalue weighted by Crippen LogP contribution is 2.35. The normalized spacial score (nSPS) is 16.1. The number of rotatable bonds is 4.